The normalized spacial score (nSPS) is 10.5. The molecule has 1 aromatic heterocycles. The molecule has 1 heterocycles. The zero-order valence-electron chi connectivity index (χ0n) is 12.8. The van der Waals surface area contributed by atoms with Gasteiger partial charge in [-0.05, 0) is 57.0 Å². The van der Waals surface area contributed by atoms with E-state index in [0.717, 1.165) is 5.69 Å². The Hall–Kier alpha value is -2.43. The van der Waals surface area contributed by atoms with Gasteiger partial charge in [0.1, 0.15) is 5.69 Å². The van der Waals surface area contributed by atoms with Gasteiger partial charge in [0.05, 0.1) is 0 Å². The number of nitrogens with one attached hydrogen (secondary N) is 2. The lowest BCUT2D eigenvalue weighted by Gasteiger charge is -2.10. The quantitative estimate of drug-likeness (QED) is 0.905. The summed E-state index contributed by atoms with van der Waals surface area (Å²) in [7, 11) is 0. The number of rotatable bonds is 4. The molecule has 0 bridgehead atoms. The fraction of sp³-hybridized carbons (Fsp3) is 0.312. The second-order valence-electron chi connectivity index (χ2n) is 5.32. The molecule has 0 unspecified atom stereocenters. The van der Waals surface area contributed by atoms with Crippen molar-refractivity contribution in [2.75, 3.05) is 5.32 Å². The van der Waals surface area contributed by atoms with Gasteiger partial charge in [0.25, 0.3) is 5.91 Å². The molecular weight excluding hydrogens is 264 g/mol. The average molecular weight is 284 g/mol. The van der Waals surface area contributed by atoms with Crippen molar-refractivity contribution in [3.8, 4) is 0 Å². The molecule has 2 aromatic rings. The summed E-state index contributed by atoms with van der Waals surface area (Å²) < 4.78 is 0. The number of hydrogen-bond acceptors (Lipinski definition) is 4. The average Bonchev–Trinajstić information content (AvgIpc) is 2.42. The molecule has 0 atom stereocenters. The molecule has 0 aliphatic carbocycles. The van der Waals surface area contributed by atoms with E-state index in [4.69, 9.17) is 0 Å². The number of anilines is 2. The van der Waals surface area contributed by atoms with Crippen molar-refractivity contribution in [1.82, 2.24) is 15.3 Å². The number of amides is 1. The highest BCUT2D eigenvalue weighted by Gasteiger charge is 2.10. The molecule has 21 heavy (non-hydrogen) atoms. The number of aryl methyl sites for hydroxylation is 2. The fourth-order valence-electron chi connectivity index (χ4n) is 1.83. The van der Waals surface area contributed by atoms with Crippen molar-refractivity contribution in [3.63, 3.8) is 0 Å². The first kappa shape index (κ1) is 15.0. The minimum Gasteiger partial charge on any atom is -0.349 e. The lowest BCUT2D eigenvalue weighted by Crippen LogP contribution is -2.30. The molecular formula is C16H20N4O. The van der Waals surface area contributed by atoms with Gasteiger partial charge in [-0.2, -0.15) is 0 Å². The van der Waals surface area contributed by atoms with Gasteiger partial charge in [0, 0.05) is 17.9 Å². The van der Waals surface area contributed by atoms with Gasteiger partial charge >= 0.3 is 0 Å². The first-order valence-corrected chi connectivity index (χ1v) is 6.94. The van der Waals surface area contributed by atoms with Gasteiger partial charge in [-0.1, -0.05) is 6.07 Å². The molecule has 0 spiro atoms. The first-order valence-electron chi connectivity index (χ1n) is 6.94. The van der Waals surface area contributed by atoms with E-state index >= 15 is 0 Å². The number of nitrogens with zero attached hydrogens (tertiary/aromatic N) is 2. The zero-order chi connectivity index (χ0) is 15.4. The topological polar surface area (TPSA) is 66.9 Å². The van der Waals surface area contributed by atoms with Gasteiger partial charge in [-0.3, -0.25) is 4.79 Å². The Kier molecular flexibility index (Phi) is 4.52. The van der Waals surface area contributed by atoms with Crippen LogP contribution in [-0.4, -0.2) is 21.9 Å². The largest absolute Gasteiger partial charge is 0.349 e. The van der Waals surface area contributed by atoms with Crippen molar-refractivity contribution in [2.24, 2.45) is 0 Å². The second-order valence-corrected chi connectivity index (χ2v) is 5.32. The fourth-order valence-corrected chi connectivity index (χ4v) is 1.83. The van der Waals surface area contributed by atoms with Crippen molar-refractivity contribution in [2.45, 2.75) is 33.7 Å². The van der Waals surface area contributed by atoms with Crippen LogP contribution in [0.3, 0.4) is 0 Å². The Morgan fingerprint density at radius 3 is 2.57 bits per heavy atom. The maximum Gasteiger partial charge on any atom is 0.270 e. The van der Waals surface area contributed by atoms with Crippen LogP contribution in [0.15, 0.2) is 30.5 Å². The summed E-state index contributed by atoms with van der Waals surface area (Å²) in [6, 6.07) is 7.70. The van der Waals surface area contributed by atoms with Crippen LogP contribution in [0.25, 0.3) is 0 Å². The third-order valence-corrected chi connectivity index (χ3v) is 3.07. The molecule has 2 N–H and O–H groups in total. The smallest absolute Gasteiger partial charge is 0.270 e. The summed E-state index contributed by atoms with van der Waals surface area (Å²) in [4.78, 5) is 20.3. The van der Waals surface area contributed by atoms with Crippen molar-refractivity contribution < 1.29 is 4.79 Å². The highest BCUT2D eigenvalue weighted by Crippen LogP contribution is 2.17. The van der Waals surface area contributed by atoms with Crippen LogP contribution in [0.1, 0.15) is 35.5 Å². The number of carbonyl (C=O) groups is 1. The highest BCUT2D eigenvalue weighted by molar-refractivity contribution is 5.92. The van der Waals surface area contributed by atoms with Crippen molar-refractivity contribution >= 4 is 17.5 Å². The molecule has 0 saturated heterocycles. The van der Waals surface area contributed by atoms with Gasteiger partial charge in [-0.15, -0.1) is 0 Å². The molecule has 1 amide bonds. The van der Waals surface area contributed by atoms with E-state index in [9.17, 15) is 4.79 Å². The first-order chi connectivity index (χ1) is 9.95. The summed E-state index contributed by atoms with van der Waals surface area (Å²) in [5.41, 5.74) is 3.67. The molecule has 5 nitrogen and oxygen atoms in total. The van der Waals surface area contributed by atoms with Gasteiger partial charge in [0.15, 0.2) is 0 Å². The van der Waals surface area contributed by atoms with E-state index in [0.29, 0.717) is 11.6 Å². The summed E-state index contributed by atoms with van der Waals surface area (Å²) in [5.74, 6) is 0.213. The van der Waals surface area contributed by atoms with Crippen LogP contribution >= 0.6 is 0 Å². The molecule has 0 fully saturated rings. The third-order valence-electron chi connectivity index (χ3n) is 3.07. The SMILES string of the molecule is Cc1ccc(Nc2nccc(C(=O)NC(C)C)n2)cc1C. The number of carbonyl (C=O) groups excluding carboxylic acids is 1. The van der Waals surface area contributed by atoms with Crippen molar-refractivity contribution in [1.29, 1.82) is 0 Å². The minimum atomic E-state index is -0.199. The maximum atomic E-state index is 11.9. The molecule has 2 rings (SSSR count). The summed E-state index contributed by atoms with van der Waals surface area (Å²) in [6.45, 7) is 7.93. The minimum absolute atomic E-state index is 0.0728. The molecule has 5 heteroatoms. The monoisotopic (exact) mass is 284 g/mol. The van der Waals surface area contributed by atoms with Gasteiger partial charge < -0.3 is 10.6 Å². The standard InChI is InChI=1S/C16H20N4O/c1-10(2)18-15(21)14-7-8-17-16(20-14)19-13-6-5-11(3)12(4)9-13/h5-10H,1-4H3,(H,18,21)(H,17,19,20). The number of benzene rings is 1. The van der Waals surface area contributed by atoms with E-state index in [1.54, 1.807) is 12.3 Å². The molecule has 110 valence electrons. The second kappa shape index (κ2) is 6.35. The molecule has 0 saturated carbocycles. The van der Waals surface area contributed by atoms with Crippen LogP contribution in [-0.2, 0) is 0 Å². The summed E-state index contributed by atoms with van der Waals surface area (Å²) in [6.07, 6.45) is 1.58. The Balaban J connectivity index is 2.17. The van der Waals surface area contributed by atoms with E-state index < -0.39 is 0 Å². The lowest BCUT2D eigenvalue weighted by atomic mass is 10.1. The maximum absolute atomic E-state index is 11.9. The number of aromatic nitrogens is 2. The zero-order valence-corrected chi connectivity index (χ0v) is 12.8. The van der Waals surface area contributed by atoms with Gasteiger partial charge in [0.2, 0.25) is 5.95 Å². The lowest BCUT2D eigenvalue weighted by molar-refractivity contribution is 0.0938. The molecule has 0 radical (unpaired) electrons. The van der Waals surface area contributed by atoms with Gasteiger partial charge in [-0.25, -0.2) is 9.97 Å². The van der Waals surface area contributed by atoms with E-state index in [1.807, 2.05) is 39.0 Å². The van der Waals surface area contributed by atoms with E-state index in [-0.39, 0.29) is 11.9 Å². The summed E-state index contributed by atoms with van der Waals surface area (Å²) >= 11 is 0. The van der Waals surface area contributed by atoms with Crippen LogP contribution in [0.4, 0.5) is 11.6 Å². The Morgan fingerprint density at radius 1 is 1.14 bits per heavy atom. The Morgan fingerprint density at radius 2 is 1.90 bits per heavy atom. The van der Waals surface area contributed by atoms with Crippen molar-refractivity contribution in [3.05, 3.63) is 47.3 Å². The Labute approximate surface area is 124 Å². The molecule has 0 aliphatic rings. The Bertz CT molecular complexity index is 652. The predicted molar refractivity (Wildman–Crippen MR) is 83.8 cm³/mol. The molecule has 1 aromatic carbocycles. The third kappa shape index (κ3) is 4.02. The van der Waals surface area contributed by atoms with E-state index in [1.165, 1.54) is 11.1 Å². The predicted octanol–water partition coefficient (Wildman–Crippen LogP) is 2.98. The van der Waals surface area contributed by atoms with Crippen LogP contribution in [0.5, 0.6) is 0 Å². The molecule has 0 aliphatic heterocycles. The van der Waals surface area contributed by atoms with Crippen LogP contribution in [0.2, 0.25) is 0 Å². The summed E-state index contributed by atoms with van der Waals surface area (Å²) in [5, 5.41) is 5.93. The van der Waals surface area contributed by atoms with Crippen LogP contribution < -0.4 is 10.6 Å². The van der Waals surface area contributed by atoms with Crippen LogP contribution in [0, 0.1) is 13.8 Å². The highest BCUT2D eigenvalue weighted by atomic mass is 16.1. The number of hydrogen-bond donors (Lipinski definition) is 2. The van der Waals surface area contributed by atoms with E-state index in [2.05, 4.69) is 27.5 Å².